The predicted molar refractivity (Wildman–Crippen MR) is 60.6 cm³/mol. The molecule has 0 fully saturated rings. The molecule has 0 saturated carbocycles. The van der Waals surface area contributed by atoms with Crippen LogP contribution in [-0.2, 0) is 0 Å². The zero-order valence-corrected chi connectivity index (χ0v) is 9.30. The fourth-order valence-electron chi connectivity index (χ4n) is 1.10. The standard InChI is InChI=1S/C12H21N/c1-7-9-12(8-2)11(5)13(6)10(3)4/h7,9-10H,1,5,8H2,2-4,6H3/b12-9-. The second-order valence-corrected chi connectivity index (χ2v) is 3.43. The van der Waals surface area contributed by atoms with Crippen molar-refractivity contribution in [2.24, 2.45) is 0 Å². The molecule has 0 radical (unpaired) electrons. The van der Waals surface area contributed by atoms with Crippen molar-refractivity contribution >= 4 is 0 Å². The molecule has 0 saturated heterocycles. The highest BCUT2D eigenvalue weighted by Crippen LogP contribution is 2.17. The van der Waals surface area contributed by atoms with Crippen LogP contribution in [0.2, 0.25) is 0 Å². The quantitative estimate of drug-likeness (QED) is 0.585. The molecule has 0 aliphatic heterocycles. The topological polar surface area (TPSA) is 3.24 Å². The van der Waals surface area contributed by atoms with Crippen LogP contribution in [0.5, 0.6) is 0 Å². The van der Waals surface area contributed by atoms with Gasteiger partial charge < -0.3 is 4.90 Å². The molecule has 0 aromatic rings. The summed E-state index contributed by atoms with van der Waals surface area (Å²) in [6.45, 7) is 14.2. The Kier molecular flexibility index (Phi) is 5.20. The minimum Gasteiger partial charge on any atom is -0.372 e. The van der Waals surface area contributed by atoms with E-state index in [2.05, 4.69) is 45.9 Å². The van der Waals surface area contributed by atoms with Gasteiger partial charge in [0, 0.05) is 18.8 Å². The molecule has 0 heterocycles. The molecular formula is C12H21N. The highest BCUT2D eigenvalue weighted by Gasteiger charge is 2.08. The summed E-state index contributed by atoms with van der Waals surface area (Å²) in [4.78, 5) is 2.18. The van der Waals surface area contributed by atoms with Gasteiger partial charge in [-0.2, -0.15) is 0 Å². The first kappa shape index (κ1) is 12.0. The Morgan fingerprint density at radius 2 is 2.00 bits per heavy atom. The lowest BCUT2D eigenvalue weighted by atomic mass is 10.1. The second-order valence-electron chi connectivity index (χ2n) is 3.43. The Balaban J connectivity index is 4.55. The van der Waals surface area contributed by atoms with Crippen molar-refractivity contribution in [2.75, 3.05) is 7.05 Å². The van der Waals surface area contributed by atoms with Crippen LogP contribution in [0.15, 0.2) is 36.6 Å². The van der Waals surface area contributed by atoms with Crippen LogP contribution >= 0.6 is 0 Å². The fourth-order valence-corrected chi connectivity index (χ4v) is 1.10. The van der Waals surface area contributed by atoms with Gasteiger partial charge >= 0.3 is 0 Å². The maximum atomic E-state index is 4.08. The van der Waals surface area contributed by atoms with Gasteiger partial charge in [0.1, 0.15) is 0 Å². The molecule has 0 aromatic carbocycles. The van der Waals surface area contributed by atoms with Crippen LogP contribution in [0.4, 0.5) is 0 Å². The zero-order chi connectivity index (χ0) is 10.4. The number of nitrogens with zero attached hydrogens (tertiary/aromatic N) is 1. The first-order valence-corrected chi connectivity index (χ1v) is 4.78. The highest BCUT2D eigenvalue weighted by molar-refractivity contribution is 5.29. The molecular weight excluding hydrogens is 158 g/mol. The maximum Gasteiger partial charge on any atom is 0.0325 e. The Bertz CT molecular complexity index is 211. The van der Waals surface area contributed by atoms with Gasteiger partial charge in [0.25, 0.3) is 0 Å². The van der Waals surface area contributed by atoms with Crippen LogP contribution < -0.4 is 0 Å². The van der Waals surface area contributed by atoms with E-state index in [9.17, 15) is 0 Å². The first-order chi connectivity index (χ1) is 6.04. The predicted octanol–water partition coefficient (Wildman–Crippen LogP) is 3.36. The fraction of sp³-hybridized carbons (Fsp3) is 0.500. The van der Waals surface area contributed by atoms with Gasteiger partial charge in [0.15, 0.2) is 0 Å². The van der Waals surface area contributed by atoms with Crippen molar-refractivity contribution in [3.05, 3.63) is 36.6 Å². The number of rotatable bonds is 5. The monoisotopic (exact) mass is 179 g/mol. The van der Waals surface area contributed by atoms with Gasteiger partial charge in [-0.15, -0.1) is 0 Å². The summed E-state index contributed by atoms with van der Waals surface area (Å²) >= 11 is 0. The third kappa shape index (κ3) is 3.49. The van der Waals surface area contributed by atoms with Gasteiger partial charge in [-0.3, -0.25) is 0 Å². The molecule has 0 rings (SSSR count). The van der Waals surface area contributed by atoms with Crippen LogP contribution in [0, 0.1) is 0 Å². The van der Waals surface area contributed by atoms with E-state index in [0.717, 1.165) is 12.1 Å². The summed E-state index contributed by atoms with van der Waals surface area (Å²) in [5, 5.41) is 0. The zero-order valence-electron chi connectivity index (χ0n) is 9.30. The molecule has 0 atom stereocenters. The van der Waals surface area contributed by atoms with E-state index in [4.69, 9.17) is 0 Å². The van der Waals surface area contributed by atoms with Crippen molar-refractivity contribution in [3.8, 4) is 0 Å². The Labute approximate surface area is 82.4 Å². The van der Waals surface area contributed by atoms with Crippen LogP contribution in [-0.4, -0.2) is 18.0 Å². The lowest BCUT2D eigenvalue weighted by Crippen LogP contribution is -2.25. The van der Waals surface area contributed by atoms with E-state index in [0.29, 0.717) is 6.04 Å². The molecule has 0 aliphatic carbocycles. The van der Waals surface area contributed by atoms with Crippen LogP contribution in [0.3, 0.4) is 0 Å². The third-order valence-corrected chi connectivity index (χ3v) is 2.27. The van der Waals surface area contributed by atoms with Gasteiger partial charge in [-0.25, -0.2) is 0 Å². The van der Waals surface area contributed by atoms with E-state index < -0.39 is 0 Å². The molecule has 1 heteroatoms. The second kappa shape index (κ2) is 5.63. The van der Waals surface area contributed by atoms with E-state index in [-0.39, 0.29) is 0 Å². The minimum atomic E-state index is 0.493. The number of hydrogen-bond acceptors (Lipinski definition) is 1. The van der Waals surface area contributed by atoms with Gasteiger partial charge in [0.05, 0.1) is 0 Å². The molecule has 0 N–H and O–H groups in total. The molecule has 0 unspecified atom stereocenters. The summed E-state index contributed by atoms with van der Waals surface area (Å²) in [7, 11) is 2.07. The highest BCUT2D eigenvalue weighted by atomic mass is 15.1. The van der Waals surface area contributed by atoms with Crippen molar-refractivity contribution in [1.82, 2.24) is 4.90 Å². The van der Waals surface area contributed by atoms with E-state index in [1.165, 1.54) is 5.57 Å². The smallest absolute Gasteiger partial charge is 0.0325 e. The molecule has 0 aromatic heterocycles. The average Bonchev–Trinajstić information content (AvgIpc) is 2.11. The first-order valence-electron chi connectivity index (χ1n) is 4.78. The lowest BCUT2D eigenvalue weighted by molar-refractivity contribution is 0.350. The Hall–Kier alpha value is -0.980. The van der Waals surface area contributed by atoms with E-state index in [1.807, 2.05) is 12.2 Å². The number of hydrogen-bond donors (Lipinski definition) is 0. The van der Waals surface area contributed by atoms with Gasteiger partial charge in [0.2, 0.25) is 0 Å². The molecule has 0 aliphatic rings. The molecule has 0 spiro atoms. The van der Waals surface area contributed by atoms with Crippen molar-refractivity contribution in [3.63, 3.8) is 0 Å². The van der Waals surface area contributed by atoms with E-state index >= 15 is 0 Å². The Morgan fingerprint density at radius 3 is 2.31 bits per heavy atom. The van der Waals surface area contributed by atoms with Crippen LogP contribution in [0.25, 0.3) is 0 Å². The molecule has 13 heavy (non-hydrogen) atoms. The normalized spacial score (nSPS) is 11.6. The summed E-state index contributed by atoms with van der Waals surface area (Å²) < 4.78 is 0. The molecule has 0 bridgehead atoms. The molecule has 1 nitrogen and oxygen atoms in total. The van der Waals surface area contributed by atoms with Crippen LogP contribution in [0.1, 0.15) is 27.2 Å². The summed E-state index contributed by atoms with van der Waals surface area (Å²) in [6, 6.07) is 0.493. The molecule has 74 valence electrons. The summed E-state index contributed by atoms with van der Waals surface area (Å²) in [5.74, 6) is 0. The summed E-state index contributed by atoms with van der Waals surface area (Å²) in [6.07, 6.45) is 4.85. The largest absolute Gasteiger partial charge is 0.372 e. The van der Waals surface area contributed by atoms with Crippen molar-refractivity contribution < 1.29 is 0 Å². The Morgan fingerprint density at radius 1 is 1.46 bits per heavy atom. The van der Waals surface area contributed by atoms with Gasteiger partial charge in [-0.1, -0.05) is 32.2 Å². The lowest BCUT2D eigenvalue weighted by Gasteiger charge is -2.27. The third-order valence-electron chi connectivity index (χ3n) is 2.27. The van der Waals surface area contributed by atoms with Crippen molar-refractivity contribution in [1.29, 1.82) is 0 Å². The maximum absolute atomic E-state index is 4.08. The number of allylic oxidation sites excluding steroid dienone is 3. The SMILES string of the molecule is C=C/C=C(/CC)C(=C)N(C)C(C)C. The van der Waals surface area contributed by atoms with Crippen molar-refractivity contribution in [2.45, 2.75) is 33.2 Å². The minimum absolute atomic E-state index is 0.493. The molecule has 0 amide bonds. The summed E-state index contributed by atoms with van der Waals surface area (Å²) in [5.41, 5.74) is 2.35. The number of likely N-dealkylation sites (N-methyl/N-ethyl adjacent to an activating group) is 1. The van der Waals surface area contributed by atoms with Gasteiger partial charge in [-0.05, 0) is 25.8 Å². The average molecular weight is 179 g/mol. The van der Waals surface area contributed by atoms with E-state index in [1.54, 1.807) is 0 Å².